The van der Waals surface area contributed by atoms with Crippen molar-refractivity contribution in [3.63, 3.8) is 0 Å². The molecule has 15 rings (SSSR count). The molecule has 0 spiro atoms. The Bertz CT molecular complexity index is 3980. The molecule has 13 aromatic rings. The molecule has 4 heteroatoms. The standard InChI is InChI=1S/C54H32N4/c1-3-15-31(16-4-1)55-43-23-11-7-19-33(43)37-27-39-35-21-9-13-25-45(35)57-47-30-42-48(29-41(47)49(51(37)55)53(39)57)58-46-26-14-10-22-36(46)40-28-38-34-20-8-12-24-44(34)56(32-17-5-2-6-18-32)52(38)50(42)54(40)58/h1-30,37,51H. The van der Waals surface area contributed by atoms with Crippen molar-refractivity contribution in [1.82, 2.24) is 13.4 Å². The number of anilines is 2. The molecule has 58 heavy (non-hydrogen) atoms. The monoisotopic (exact) mass is 736 g/mol. The van der Waals surface area contributed by atoms with Crippen molar-refractivity contribution >= 4 is 105 Å². The molecule has 0 amide bonds. The Morgan fingerprint density at radius 3 is 1.74 bits per heavy atom. The van der Waals surface area contributed by atoms with Gasteiger partial charge in [0.1, 0.15) is 0 Å². The number of hydrogen-bond acceptors (Lipinski definition) is 1. The maximum absolute atomic E-state index is 2.62. The smallest absolute Gasteiger partial charge is 0.0723 e. The summed E-state index contributed by atoms with van der Waals surface area (Å²) in [7, 11) is 0. The molecule has 0 fully saturated rings. The predicted octanol–water partition coefficient (Wildman–Crippen LogP) is 13.0. The fraction of sp³-hybridized carbons (Fsp3) is 0.0370. The average Bonchev–Trinajstić information content (AvgIpc) is 4.11. The van der Waals surface area contributed by atoms with Crippen molar-refractivity contribution in [3.05, 3.63) is 192 Å². The van der Waals surface area contributed by atoms with Gasteiger partial charge in [-0.05, 0) is 72.3 Å². The second kappa shape index (κ2) is 10.2. The van der Waals surface area contributed by atoms with E-state index in [0.717, 1.165) is 0 Å². The first-order valence-electron chi connectivity index (χ1n) is 20.4. The second-order valence-electron chi connectivity index (χ2n) is 16.4. The van der Waals surface area contributed by atoms with Gasteiger partial charge in [0.15, 0.2) is 0 Å². The minimum atomic E-state index is 0.104. The fourth-order valence-electron chi connectivity index (χ4n) is 11.7. The molecule has 0 saturated carbocycles. The highest BCUT2D eigenvalue weighted by molar-refractivity contribution is 6.35. The molecule has 2 aliphatic rings. The lowest BCUT2D eigenvalue weighted by Crippen LogP contribution is -2.26. The average molecular weight is 737 g/mol. The van der Waals surface area contributed by atoms with Gasteiger partial charge in [-0.15, -0.1) is 0 Å². The third-order valence-electron chi connectivity index (χ3n) is 13.8. The summed E-state index contributed by atoms with van der Waals surface area (Å²) in [5, 5.41) is 11.8. The summed E-state index contributed by atoms with van der Waals surface area (Å²) in [5.41, 5.74) is 16.7. The lowest BCUT2D eigenvalue weighted by molar-refractivity contribution is 0.700. The first kappa shape index (κ1) is 29.7. The van der Waals surface area contributed by atoms with Gasteiger partial charge < -0.3 is 18.3 Å². The zero-order valence-electron chi connectivity index (χ0n) is 31.3. The Morgan fingerprint density at radius 1 is 0.379 bits per heavy atom. The third kappa shape index (κ3) is 3.35. The van der Waals surface area contributed by atoms with Gasteiger partial charge in [0.2, 0.25) is 0 Å². The van der Waals surface area contributed by atoms with Gasteiger partial charge in [0.25, 0.3) is 0 Å². The zero-order chi connectivity index (χ0) is 37.4. The number of rotatable bonds is 2. The van der Waals surface area contributed by atoms with Crippen LogP contribution in [0.4, 0.5) is 11.4 Å². The van der Waals surface area contributed by atoms with Crippen molar-refractivity contribution < 1.29 is 0 Å². The van der Waals surface area contributed by atoms with Crippen molar-refractivity contribution in [2.24, 2.45) is 0 Å². The van der Waals surface area contributed by atoms with Crippen LogP contribution in [0.25, 0.3) is 99.0 Å². The van der Waals surface area contributed by atoms with Gasteiger partial charge >= 0.3 is 0 Å². The summed E-state index contributed by atoms with van der Waals surface area (Å²) in [5.74, 6) is 0.204. The molecule has 0 N–H and O–H groups in total. The van der Waals surface area contributed by atoms with E-state index >= 15 is 0 Å². The SMILES string of the molecule is C1=c2c3ccccc3n3c2c(c2cc4c(cc23)c2c3c(cc5c6ccccc6n4c52)c2ccccc2n3-c2ccccc2)C2C1c1ccccc1N2c1ccccc1. The van der Waals surface area contributed by atoms with Crippen LogP contribution in [-0.2, 0) is 0 Å². The molecular weight excluding hydrogens is 705 g/mol. The molecule has 0 radical (unpaired) electrons. The fourth-order valence-corrected chi connectivity index (χ4v) is 11.7. The number of hydrogen-bond donors (Lipinski definition) is 0. The number of benzene rings is 8. The molecule has 5 aromatic heterocycles. The highest BCUT2D eigenvalue weighted by Gasteiger charge is 2.44. The Labute approximate surface area is 331 Å². The summed E-state index contributed by atoms with van der Waals surface area (Å²) in [4.78, 5) is 2.62. The van der Waals surface area contributed by atoms with Crippen LogP contribution >= 0.6 is 0 Å². The first-order valence-corrected chi connectivity index (χ1v) is 20.4. The van der Waals surface area contributed by atoms with Crippen molar-refractivity contribution in [1.29, 1.82) is 0 Å². The summed E-state index contributed by atoms with van der Waals surface area (Å²) < 4.78 is 7.70. The minimum Gasteiger partial charge on any atom is -0.333 e. The largest absolute Gasteiger partial charge is 0.333 e. The topological polar surface area (TPSA) is 17.0 Å². The zero-order valence-corrected chi connectivity index (χ0v) is 31.3. The van der Waals surface area contributed by atoms with E-state index < -0.39 is 0 Å². The molecule has 1 aliphatic carbocycles. The maximum atomic E-state index is 2.62. The third-order valence-corrected chi connectivity index (χ3v) is 13.8. The Balaban J connectivity index is 1.18. The van der Waals surface area contributed by atoms with E-state index in [1.165, 1.54) is 121 Å². The van der Waals surface area contributed by atoms with E-state index in [9.17, 15) is 0 Å². The van der Waals surface area contributed by atoms with Crippen LogP contribution in [0.15, 0.2) is 176 Å². The van der Waals surface area contributed by atoms with Crippen molar-refractivity contribution in [2.75, 3.05) is 4.90 Å². The van der Waals surface area contributed by atoms with Crippen LogP contribution < -0.4 is 10.1 Å². The van der Waals surface area contributed by atoms with Gasteiger partial charge in [0, 0.05) is 76.9 Å². The Hall–Kier alpha value is -7.56. The lowest BCUT2D eigenvalue weighted by Gasteiger charge is -2.31. The molecule has 4 nitrogen and oxygen atoms in total. The van der Waals surface area contributed by atoms with E-state index in [4.69, 9.17) is 0 Å². The number of nitrogens with zero attached hydrogens (tertiary/aromatic N) is 4. The van der Waals surface area contributed by atoms with Crippen LogP contribution in [-0.4, -0.2) is 13.4 Å². The highest BCUT2D eigenvalue weighted by atomic mass is 15.2. The number of para-hydroxylation sites is 6. The van der Waals surface area contributed by atoms with E-state index in [0.29, 0.717) is 0 Å². The molecular formula is C54H32N4. The van der Waals surface area contributed by atoms with E-state index in [1.54, 1.807) is 0 Å². The molecule has 6 heterocycles. The van der Waals surface area contributed by atoms with Crippen LogP contribution in [0.1, 0.15) is 23.1 Å². The van der Waals surface area contributed by atoms with E-state index in [1.807, 2.05) is 0 Å². The maximum Gasteiger partial charge on any atom is 0.0723 e. The molecule has 2 atom stereocenters. The minimum absolute atomic E-state index is 0.104. The second-order valence-corrected chi connectivity index (χ2v) is 16.4. The van der Waals surface area contributed by atoms with Gasteiger partial charge in [-0.2, -0.15) is 0 Å². The predicted molar refractivity (Wildman–Crippen MR) is 242 cm³/mol. The van der Waals surface area contributed by atoms with Gasteiger partial charge in [-0.25, -0.2) is 0 Å². The molecule has 8 aromatic carbocycles. The highest BCUT2D eigenvalue weighted by Crippen LogP contribution is 2.58. The van der Waals surface area contributed by atoms with Crippen molar-refractivity contribution in [3.8, 4) is 5.69 Å². The van der Waals surface area contributed by atoms with Gasteiger partial charge in [-0.3, -0.25) is 0 Å². The van der Waals surface area contributed by atoms with Crippen LogP contribution in [0.3, 0.4) is 0 Å². The number of fused-ring (bicyclic) bond motifs is 20. The van der Waals surface area contributed by atoms with Crippen LogP contribution in [0.2, 0.25) is 0 Å². The van der Waals surface area contributed by atoms with E-state index in [-0.39, 0.29) is 12.0 Å². The Morgan fingerprint density at radius 2 is 0.948 bits per heavy atom. The Kier molecular flexibility index (Phi) is 5.24. The van der Waals surface area contributed by atoms with Gasteiger partial charge in [-0.1, -0.05) is 115 Å². The summed E-state index contributed by atoms with van der Waals surface area (Å²) in [6, 6.07) is 65.8. The van der Waals surface area contributed by atoms with Crippen LogP contribution in [0.5, 0.6) is 0 Å². The molecule has 0 bridgehead atoms. The summed E-state index contributed by atoms with van der Waals surface area (Å²) in [6.07, 6.45) is 2.59. The van der Waals surface area contributed by atoms with Crippen molar-refractivity contribution in [2.45, 2.75) is 12.0 Å². The molecule has 2 unspecified atom stereocenters. The quantitative estimate of drug-likeness (QED) is 0.173. The normalized spacial score (nSPS) is 16.4. The molecule has 0 saturated heterocycles. The van der Waals surface area contributed by atoms with Crippen LogP contribution in [0, 0.1) is 0 Å². The molecule has 1 aliphatic heterocycles. The van der Waals surface area contributed by atoms with E-state index in [2.05, 4.69) is 200 Å². The first-order chi connectivity index (χ1) is 28.8. The van der Waals surface area contributed by atoms with Gasteiger partial charge in [0.05, 0.1) is 50.2 Å². The lowest BCUT2D eigenvalue weighted by atomic mass is 9.84. The number of aromatic nitrogens is 3. The molecule has 268 valence electrons. The summed E-state index contributed by atoms with van der Waals surface area (Å²) in [6.45, 7) is 0. The summed E-state index contributed by atoms with van der Waals surface area (Å²) >= 11 is 0.